The molecule has 0 spiro atoms. The molecule has 0 saturated heterocycles. The molecule has 0 heterocycles. The maximum atomic E-state index is 10.9. The normalized spacial score (nSPS) is 29.6. The highest BCUT2D eigenvalue weighted by molar-refractivity contribution is 5.73. The van der Waals surface area contributed by atoms with E-state index in [2.05, 4.69) is 12.2 Å². The second kappa shape index (κ2) is 5.35. The maximum absolute atomic E-state index is 10.9. The second-order valence-corrected chi connectivity index (χ2v) is 4.53. The van der Waals surface area contributed by atoms with Gasteiger partial charge in [-0.2, -0.15) is 0 Å². The number of hydrogen-bond donors (Lipinski definition) is 2. The third-order valence-corrected chi connectivity index (χ3v) is 3.36. The largest absolute Gasteiger partial charge is 0.354 e. The first-order valence-corrected chi connectivity index (χ1v) is 5.60. The van der Waals surface area contributed by atoms with Crippen LogP contribution in [0.1, 0.15) is 39.5 Å². The van der Waals surface area contributed by atoms with Crippen molar-refractivity contribution in [1.29, 1.82) is 0 Å². The zero-order valence-electron chi connectivity index (χ0n) is 9.25. The second-order valence-electron chi connectivity index (χ2n) is 4.53. The van der Waals surface area contributed by atoms with Gasteiger partial charge in [-0.25, -0.2) is 0 Å². The highest BCUT2D eigenvalue weighted by Crippen LogP contribution is 2.29. The Labute approximate surface area is 86.4 Å². The molecule has 82 valence electrons. The Morgan fingerprint density at radius 3 is 2.43 bits per heavy atom. The van der Waals surface area contributed by atoms with Crippen molar-refractivity contribution >= 4 is 5.91 Å². The van der Waals surface area contributed by atoms with Crippen LogP contribution in [0.25, 0.3) is 0 Å². The summed E-state index contributed by atoms with van der Waals surface area (Å²) in [7, 11) is 0. The Bertz CT molecular complexity index is 186. The number of carbonyl (C=O) groups is 1. The summed E-state index contributed by atoms with van der Waals surface area (Å²) in [6, 6.07) is 0.411. The van der Waals surface area contributed by atoms with Gasteiger partial charge in [-0.05, 0) is 44.1 Å². The van der Waals surface area contributed by atoms with Gasteiger partial charge in [0.1, 0.15) is 0 Å². The summed E-state index contributed by atoms with van der Waals surface area (Å²) in [6.45, 7) is 4.60. The van der Waals surface area contributed by atoms with E-state index < -0.39 is 0 Å². The number of nitrogens with two attached hydrogens (primary N) is 1. The molecule has 14 heavy (non-hydrogen) atoms. The van der Waals surface area contributed by atoms with E-state index in [4.69, 9.17) is 5.73 Å². The standard InChI is InChI=1S/C11H22N2O/c1-8(7-12)10-3-5-11(6-4-10)13-9(2)14/h8,10-11H,3-7,12H2,1-2H3,(H,13,14). The Balaban J connectivity index is 2.27. The Kier molecular flexibility index (Phi) is 4.39. The van der Waals surface area contributed by atoms with Gasteiger partial charge < -0.3 is 11.1 Å². The number of nitrogens with one attached hydrogen (secondary N) is 1. The fourth-order valence-electron chi connectivity index (χ4n) is 2.31. The van der Waals surface area contributed by atoms with Crippen molar-refractivity contribution in [2.24, 2.45) is 17.6 Å². The Hall–Kier alpha value is -0.570. The SMILES string of the molecule is CC(=O)NC1CCC(C(C)CN)CC1. The monoisotopic (exact) mass is 198 g/mol. The third-order valence-electron chi connectivity index (χ3n) is 3.36. The van der Waals surface area contributed by atoms with Gasteiger partial charge in [-0.15, -0.1) is 0 Å². The van der Waals surface area contributed by atoms with Crippen LogP contribution in [0.5, 0.6) is 0 Å². The van der Waals surface area contributed by atoms with Crippen LogP contribution in [0.2, 0.25) is 0 Å². The van der Waals surface area contributed by atoms with Gasteiger partial charge in [0.05, 0.1) is 0 Å². The van der Waals surface area contributed by atoms with Crippen LogP contribution in [0, 0.1) is 11.8 Å². The van der Waals surface area contributed by atoms with E-state index in [1.165, 1.54) is 12.8 Å². The Morgan fingerprint density at radius 1 is 1.43 bits per heavy atom. The zero-order chi connectivity index (χ0) is 10.6. The summed E-state index contributed by atoms with van der Waals surface area (Å²) >= 11 is 0. The van der Waals surface area contributed by atoms with Gasteiger partial charge in [0, 0.05) is 13.0 Å². The van der Waals surface area contributed by atoms with Crippen molar-refractivity contribution in [3.8, 4) is 0 Å². The molecule has 1 fully saturated rings. The predicted molar refractivity (Wildman–Crippen MR) is 57.8 cm³/mol. The molecular formula is C11H22N2O. The fourth-order valence-corrected chi connectivity index (χ4v) is 2.31. The van der Waals surface area contributed by atoms with Crippen LogP contribution < -0.4 is 11.1 Å². The molecule has 0 aromatic carbocycles. The third kappa shape index (κ3) is 3.29. The molecule has 0 radical (unpaired) electrons. The average Bonchev–Trinajstić information content (AvgIpc) is 2.17. The molecule has 0 aromatic heterocycles. The first-order chi connectivity index (χ1) is 6.63. The van der Waals surface area contributed by atoms with Gasteiger partial charge in [-0.1, -0.05) is 6.92 Å². The molecule has 3 heteroatoms. The van der Waals surface area contributed by atoms with Crippen LogP contribution in [-0.4, -0.2) is 18.5 Å². The van der Waals surface area contributed by atoms with Crippen LogP contribution >= 0.6 is 0 Å². The first-order valence-electron chi connectivity index (χ1n) is 5.60. The minimum atomic E-state index is 0.0975. The quantitative estimate of drug-likeness (QED) is 0.717. The highest BCUT2D eigenvalue weighted by atomic mass is 16.1. The Morgan fingerprint density at radius 2 is 2.00 bits per heavy atom. The minimum Gasteiger partial charge on any atom is -0.354 e. The van der Waals surface area contributed by atoms with E-state index in [9.17, 15) is 4.79 Å². The molecule has 1 rings (SSSR count). The van der Waals surface area contributed by atoms with E-state index in [-0.39, 0.29) is 5.91 Å². The summed E-state index contributed by atoms with van der Waals surface area (Å²) in [5.41, 5.74) is 5.65. The van der Waals surface area contributed by atoms with E-state index in [0.717, 1.165) is 25.3 Å². The van der Waals surface area contributed by atoms with E-state index >= 15 is 0 Å². The summed E-state index contributed by atoms with van der Waals surface area (Å²) in [5.74, 6) is 1.50. The molecular weight excluding hydrogens is 176 g/mol. The molecule has 1 saturated carbocycles. The molecule has 1 aliphatic rings. The molecule has 3 N–H and O–H groups in total. The number of rotatable bonds is 3. The molecule has 0 aliphatic heterocycles. The summed E-state index contributed by atoms with van der Waals surface area (Å²) in [5, 5.41) is 2.99. The number of hydrogen-bond acceptors (Lipinski definition) is 2. The molecule has 0 aromatic rings. The van der Waals surface area contributed by atoms with Gasteiger partial charge in [0.25, 0.3) is 0 Å². The van der Waals surface area contributed by atoms with Gasteiger partial charge >= 0.3 is 0 Å². The molecule has 0 bridgehead atoms. The van der Waals surface area contributed by atoms with E-state index in [0.29, 0.717) is 12.0 Å². The van der Waals surface area contributed by atoms with Crippen molar-refractivity contribution in [2.75, 3.05) is 6.54 Å². The predicted octanol–water partition coefficient (Wildman–Crippen LogP) is 1.28. The van der Waals surface area contributed by atoms with Crippen LogP contribution in [-0.2, 0) is 4.79 Å². The van der Waals surface area contributed by atoms with Gasteiger partial charge in [0.2, 0.25) is 5.91 Å². The van der Waals surface area contributed by atoms with Crippen LogP contribution in [0.3, 0.4) is 0 Å². The molecule has 1 aliphatic carbocycles. The van der Waals surface area contributed by atoms with Crippen molar-refractivity contribution < 1.29 is 4.79 Å². The summed E-state index contributed by atoms with van der Waals surface area (Å²) in [6.07, 6.45) is 4.66. The lowest BCUT2D eigenvalue weighted by Crippen LogP contribution is -2.37. The number of amides is 1. The average molecular weight is 198 g/mol. The van der Waals surface area contributed by atoms with Crippen LogP contribution in [0.15, 0.2) is 0 Å². The number of carbonyl (C=O) groups excluding carboxylic acids is 1. The molecule has 1 atom stereocenters. The van der Waals surface area contributed by atoms with Gasteiger partial charge in [-0.3, -0.25) is 4.79 Å². The minimum absolute atomic E-state index is 0.0975. The lowest BCUT2D eigenvalue weighted by molar-refractivity contribution is -0.119. The van der Waals surface area contributed by atoms with E-state index in [1.54, 1.807) is 6.92 Å². The maximum Gasteiger partial charge on any atom is 0.217 e. The molecule has 1 unspecified atom stereocenters. The first kappa shape index (κ1) is 11.5. The smallest absolute Gasteiger partial charge is 0.217 e. The van der Waals surface area contributed by atoms with Crippen molar-refractivity contribution in [2.45, 2.75) is 45.6 Å². The van der Waals surface area contributed by atoms with Crippen molar-refractivity contribution in [3.63, 3.8) is 0 Å². The summed E-state index contributed by atoms with van der Waals surface area (Å²) in [4.78, 5) is 10.9. The van der Waals surface area contributed by atoms with Gasteiger partial charge in [0.15, 0.2) is 0 Å². The zero-order valence-corrected chi connectivity index (χ0v) is 9.25. The topological polar surface area (TPSA) is 55.1 Å². The molecule has 3 nitrogen and oxygen atoms in total. The lowest BCUT2D eigenvalue weighted by atomic mass is 9.79. The van der Waals surface area contributed by atoms with Crippen molar-refractivity contribution in [3.05, 3.63) is 0 Å². The van der Waals surface area contributed by atoms with E-state index in [1.807, 2.05) is 0 Å². The summed E-state index contributed by atoms with van der Waals surface area (Å²) < 4.78 is 0. The molecule has 1 amide bonds. The lowest BCUT2D eigenvalue weighted by Gasteiger charge is -2.31. The van der Waals surface area contributed by atoms with Crippen LogP contribution in [0.4, 0.5) is 0 Å². The fraction of sp³-hybridized carbons (Fsp3) is 0.909. The van der Waals surface area contributed by atoms with Crippen molar-refractivity contribution in [1.82, 2.24) is 5.32 Å². The highest BCUT2D eigenvalue weighted by Gasteiger charge is 2.24.